The SMILES string of the molecule is c1ccc(-c2cc(-c3ccc(-c4ccc5c(c4)oc4ccccc45)c4ocnc34)nc(-c3ccc(C45CC6CC(CC(C6)C4)C5)cc3)n2)cc1. The van der Waals surface area contributed by atoms with Crippen molar-refractivity contribution in [1.29, 1.82) is 0 Å². The number of para-hydroxylation sites is 1. The van der Waals surface area contributed by atoms with Gasteiger partial charge in [0.05, 0.1) is 11.4 Å². The lowest BCUT2D eigenvalue weighted by Gasteiger charge is -2.57. The number of hydrogen-bond donors (Lipinski definition) is 0. The summed E-state index contributed by atoms with van der Waals surface area (Å²) in [7, 11) is 0. The Morgan fingerprint density at radius 1 is 0.560 bits per heavy atom. The van der Waals surface area contributed by atoms with E-state index in [-0.39, 0.29) is 0 Å². The van der Waals surface area contributed by atoms with Crippen LogP contribution < -0.4 is 0 Å². The molecule has 0 aliphatic heterocycles. The third kappa shape index (κ3) is 4.42. The molecule has 4 bridgehead atoms. The molecule has 5 heteroatoms. The van der Waals surface area contributed by atoms with Gasteiger partial charge < -0.3 is 8.83 Å². The fraction of sp³-hybridized carbons (Fsp3) is 0.222. The molecule has 4 aliphatic carbocycles. The molecule has 0 spiro atoms. The number of rotatable bonds is 5. The first-order chi connectivity index (χ1) is 24.7. The number of benzene rings is 5. The summed E-state index contributed by atoms with van der Waals surface area (Å²) in [5.41, 5.74) is 11.8. The fourth-order valence-corrected chi connectivity index (χ4v) is 10.2. The first-order valence-corrected chi connectivity index (χ1v) is 18.0. The van der Waals surface area contributed by atoms with E-state index in [1.165, 1.54) is 50.5 Å². The van der Waals surface area contributed by atoms with Gasteiger partial charge in [-0.25, -0.2) is 15.0 Å². The highest BCUT2D eigenvalue weighted by Crippen LogP contribution is 2.60. The Morgan fingerprint density at radius 3 is 2.04 bits per heavy atom. The molecule has 4 aliphatic rings. The third-order valence-corrected chi connectivity index (χ3v) is 12.0. The Balaban J connectivity index is 1.01. The Kier molecular flexibility index (Phi) is 6.07. The van der Waals surface area contributed by atoms with E-state index >= 15 is 0 Å². The Bertz CT molecular complexity index is 2540. The van der Waals surface area contributed by atoms with Crippen LogP contribution in [0.1, 0.15) is 44.1 Å². The number of aromatic nitrogens is 3. The van der Waals surface area contributed by atoms with Gasteiger partial charge in [0.25, 0.3) is 0 Å². The zero-order valence-corrected chi connectivity index (χ0v) is 27.7. The molecule has 0 saturated heterocycles. The standard InChI is InChI=1S/C45H35N3O2/c1-2-6-30(7-3-1)38-22-39(48-44(47-38)31-10-13-33(14-11-31)45-23-27-18-28(24-45)20-29(19-27)25-45)37-17-16-34(43-42(37)46-26-49-43)32-12-15-36-35-8-4-5-9-40(35)50-41(36)21-32/h1-17,21-22,26-29H,18-20,23-25H2. The molecule has 8 aromatic rings. The maximum absolute atomic E-state index is 6.22. The summed E-state index contributed by atoms with van der Waals surface area (Å²) < 4.78 is 12.3. The van der Waals surface area contributed by atoms with E-state index in [0.717, 1.165) is 95.8 Å². The van der Waals surface area contributed by atoms with Crippen molar-refractivity contribution in [3.63, 3.8) is 0 Å². The van der Waals surface area contributed by atoms with Gasteiger partial charge in [-0.1, -0.05) is 78.9 Å². The van der Waals surface area contributed by atoms with E-state index in [1.807, 2.05) is 24.3 Å². The predicted octanol–water partition coefficient (Wildman–Crippen LogP) is 11.7. The molecule has 5 nitrogen and oxygen atoms in total. The Labute approximate surface area is 290 Å². The summed E-state index contributed by atoms with van der Waals surface area (Å²) in [5.74, 6) is 3.47. The zero-order valence-electron chi connectivity index (χ0n) is 27.7. The molecule has 4 saturated carbocycles. The lowest BCUT2D eigenvalue weighted by Crippen LogP contribution is -2.48. The van der Waals surface area contributed by atoms with Crippen LogP contribution in [0.25, 0.3) is 78.1 Å². The van der Waals surface area contributed by atoms with Gasteiger partial charge in [-0.05, 0) is 109 Å². The van der Waals surface area contributed by atoms with Gasteiger partial charge in [0.2, 0.25) is 0 Å². The summed E-state index contributed by atoms with van der Waals surface area (Å²) in [6.45, 7) is 0. The first-order valence-electron chi connectivity index (χ1n) is 18.0. The summed E-state index contributed by atoms with van der Waals surface area (Å²) in [6.07, 6.45) is 9.97. The Morgan fingerprint density at radius 2 is 1.24 bits per heavy atom. The molecule has 242 valence electrons. The number of nitrogens with zero attached hydrogens (tertiary/aromatic N) is 3. The molecular weight excluding hydrogens is 615 g/mol. The molecule has 0 amide bonds. The molecule has 0 N–H and O–H groups in total. The first kappa shape index (κ1) is 28.3. The van der Waals surface area contributed by atoms with E-state index in [1.54, 1.807) is 0 Å². The van der Waals surface area contributed by atoms with Gasteiger partial charge in [0.15, 0.2) is 17.8 Å². The van der Waals surface area contributed by atoms with Crippen LogP contribution in [0.3, 0.4) is 0 Å². The summed E-state index contributed by atoms with van der Waals surface area (Å²) in [5, 5.41) is 2.22. The van der Waals surface area contributed by atoms with E-state index in [4.69, 9.17) is 23.8 Å². The summed E-state index contributed by atoms with van der Waals surface area (Å²) in [4.78, 5) is 15.1. The minimum absolute atomic E-state index is 0.362. The van der Waals surface area contributed by atoms with Crippen LogP contribution in [-0.2, 0) is 5.41 Å². The highest BCUT2D eigenvalue weighted by atomic mass is 16.3. The van der Waals surface area contributed by atoms with Crippen LogP contribution in [0.4, 0.5) is 0 Å². The van der Waals surface area contributed by atoms with Gasteiger partial charge in [0, 0.05) is 33.0 Å². The Hall–Kier alpha value is -5.55. The summed E-state index contributed by atoms with van der Waals surface area (Å²) >= 11 is 0. The van der Waals surface area contributed by atoms with Gasteiger partial charge in [0.1, 0.15) is 16.7 Å². The molecule has 12 rings (SSSR count). The number of hydrogen-bond acceptors (Lipinski definition) is 5. The molecule has 3 heterocycles. The van der Waals surface area contributed by atoms with E-state index in [9.17, 15) is 0 Å². The van der Waals surface area contributed by atoms with Crippen LogP contribution >= 0.6 is 0 Å². The van der Waals surface area contributed by atoms with Gasteiger partial charge in [-0.15, -0.1) is 0 Å². The van der Waals surface area contributed by atoms with Crippen molar-refractivity contribution >= 4 is 33.0 Å². The van der Waals surface area contributed by atoms with Crippen molar-refractivity contribution in [3.05, 3.63) is 127 Å². The van der Waals surface area contributed by atoms with Crippen LogP contribution in [-0.4, -0.2) is 15.0 Å². The third-order valence-electron chi connectivity index (χ3n) is 12.0. The van der Waals surface area contributed by atoms with Crippen molar-refractivity contribution < 1.29 is 8.83 Å². The quantitative estimate of drug-likeness (QED) is 0.186. The lowest BCUT2D eigenvalue weighted by atomic mass is 9.48. The van der Waals surface area contributed by atoms with Gasteiger partial charge >= 0.3 is 0 Å². The van der Waals surface area contributed by atoms with Crippen molar-refractivity contribution in [2.24, 2.45) is 17.8 Å². The minimum Gasteiger partial charge on any atom is -0.456 e. The minimum atomic E-state index is 0.362. The average molecular weight is 650 g/mol. The zero-order chi connectivity index (χ0) is 32.8. The van der Waals surface area contributed by atoms with Crippen LogP contribution in [0.2, 0.25) is 0 Å². The second-order valence-electron chi connectivity index (χ2n) is 15.1. The number of oxazole rings is 1. The second kappa shape index (κ2) is 10.7. The normalized spacial score (nSPS) is 22.6. The molecule has 0 radical (unpaired) electrons. The van der Waals surface area contributed by atoms with Gasteiger partial charge in [-0.3, -0.25) is 0 Å². The highest BCUT2D eigenvalue weighted by molar-refractivity contribution is 6.07. The lowest BCUT2D eigenvalue weighted by molar-refractivity contribution is -0.00518. The maximum Gasteiger partial charge on any atom is 0.182 e. The van der Waals surface area contributed by atoms with Crippen molar-refractivity contribution in [1.82, 2.24) is 15.0 Å². The van der Waals surface area contributed by atoms with Crippen molar-refractivity contribution in [2.75, 3.05) is 0 Å². The fourth-order valence-electron chi connectivity index (χ4n) is 10.2. The number of furan rings is 1. The average Bonchev–Trinajstić information content (AvgIpc) is 3.79. The largest absolute Gasteiger partial charge is 0.456 e. The van der Waals surface area contributed by atoms with Crippen LogP contribution in [0, 0.1) is 17.8 Å². The molecule has 4 fully saturated rings. The monoisotopic (exact) mass is 649 g/mol. The molecule has 0 atom stereocenters. The molecule has 50 heavy (non-hydrogen) atoms. The van der Waals surface area contributed by atoms with E-state index < -0.39 is 0 Å². The van der Waals surface area contributed by atoms with E-state index in [2.05, 4.69) is 91.0 Å². The molecule has 0 unspecified atom stereocenters. The van der Waals surface area contributed by atoms with E-state index in [0.29, 0.717) is 5.41 Å². The molecule has 5 aromatic carbocycles. The molecule has 3 aromatic heterocycles. The van der Waals surface area contributed by atoms with Crippen LogP contribution in [0.5, 0.6) is 0 Å². The van der Waals surface area contributed by atoms with Crippen molar-refractivity contribution in [3.8, 4) is 45.0 Å². The highest BCUT2D eigenvalue weighted by Gasteiger charge is 2.51. The topological polar surface area (TPSA) is 65.0 Å². The second-order valence-corrected chi connectivity index (χ2v) is 15.1. The summed E-state index contributed by atoms with van der Waals surface area (Å²) in [6, 6.07) is 40.4. The maximum atomic E-state index is 6.22. The smallest absolute Gasteiger partial charge is 0.182 e. The number of fused-ring (bicyclic) bond motifs is 4. The van der Waals surface area contributed by atoms with Crippen molar-refractivity contribution in [2.45, 2.75) is 43.9 Å². The van der Waals surface area contributed by atoms with Crippen LogP contribution in [0.15, 0.2) is 130 Å². The predicted molar refractivity (Wildman–Crippen MR) is 198 cm³/mol. The van der Waals surface area contributed by atoms with Gasteiger partial charge in [-0.2, -0.15) is 0 Å². The molecular formula is C45H35N3O2.